The van der Waals surface area contributed by atoms with E-state index in [-0.39, 0.29) is 0 Å². The molecule has 0 aliphatic carbocycles. The van der Waals surface area contributed by atoms with Crippen molar-refractivity contribution in [3.63, 3.8) is 0 Å². The summed E-state index contributed by atoms with van der Waals surface area (Å²) in [5, 5.41) is 0. The molecular weight excluding hydrogens is 228 g/mol. The molecule has 0 saturated heterocycles. The number of benzene rings is 1. The zero-order valence-electron chi connectivity index (χ0n) is 11.2. The molecule has 0 heterocycles. The van der Waals surface area contributed by atoms with Crippen LogP contribution in [0.5, 0.6) is 11.5 Å². The molecule has 1 radical (unpaired) electrons. The lowest BCUT2D eigenvalue weighted by Gasteiger charge is -2.18. The molecule has 0 N–H and O–H groups in total. The van der Waals surface area contributed by atoms with Crippen LogP contribution in [0, 0.1) is 0 Å². The maximum absolute atomic E-state index is 6.16. The van der Waals surface area contributed by atoms with Crippen LogP contribution in [0.3, 0.4) is 0 Å². The largest absolute Gasteiger partial charge is 0.540 e. The minimum Gasteiger partial charge on any atom is -0.540 e. The average molecular weight is 251 g/mol. The average Bonchev–Trinajstić information content (AvgIpc) is 2.33. The highest BCUT2D eigenvalue weighted by molar-refractivity contribution is 6.52. The predicted octanol–water partition coefficient (Wildman–Crippen LogP) is 4.28. The van der Waals surface area contributed by atoms with Crippen molar-refractivity contribution in [2.24, 2.45) is 0 Å². The van der Waals surface area contributed by atoms with E-state index in [9.17, 15) is 0 Å². The molecule has 0 unspecified atom stereocenters. The maximum atomic E-state index is 6.16. The Hall–Kier alpha value is -0.963. The fourth-order valence-corrected chi connectivity index (χ4v) is 3.80. The van der Waals surface area contributed by atoms with Crippen LogP contribution in [0.1, 0.15) is 33.6 Å². The maximum Gasteiger partial charge on any atom is 0.280 e. The van der Waals surface area contributed by atoms with Crippen LogP contribution in [-0.2, 0) is 0 Å². The van der Waals surface area contributed by atoms with Gasteiger partial charge >= 0.3 is 0 Å². The third-order valence-electron chi connectivity index (χ3n) is 2.46. The van der Waals surface area contributed by atoms with Crippen LogP contribution in [-0.4, -0.2) is 15.6 Å². The predicted molar refractivity (Wildman–Crippen MR) is 74.2 cm³/mol. The van der Waals surface area contributed by atoms with Crippen molar-refractivity contribution in [3.8, 4) is 11.5 Å². The summed E-state index contributed by atoms with van der Waals surface area (Å²) < 4.78 is 11.7. The molecule has 0 saturated carbocycles. The van der Waals surface area contributed by atoms with E-state index in [2.05, 4.69) is 13.8 Å². The zero-order chi connectivity index (χ0) is 12.5. The van der Waals surface area contributed by atoms with Gasteiger partial charge in [-0.25, -0.2) is 0 Å². The normalized spacial score (nSPS) is 10.6. The Bertz CT molecular complexity index is 309. The molecule has 1 aromatic carbocycles. The van der Waals surface area contributed by atoms with Gasteiger partial charge in [-0.2, -0.15) is 0 Å². The van der Waals surface area contributed by atoms with Crippen LogP contribution in [0.25, 0.3) is 0 Å². The zero-order valence-corrected chi connectivity index (χ0v) is 12.2. The number of hydrogen-bond acceptors (Lipinski definition) is 2. The van der Waals surface area contributed by atoms with Gasteiger partial charge in [-0.1, -0.05) is 38.8 Å². The molecular formula is C14H23O2Si. The Morgan fingerprint density at radius 3 is 2.06 bits per heavy atom. The molecule has 0 aliphatic heterocycles. The summed E-state index contributed by atoms with van der Waals surface area (Å²) in [5.74, 6) is 1.80. The van der Waals surface area contributed by atoms with Crippen LogP contribution >= 0.6 is 0 Å². The van der Waals surface area contributed by atoms with E-state index in [1.165, 1.54) is 24.9 Å². The molecule has 0 spiro atoms. The second-order valence-corrected chi connectivity index (χ2v) is 6.30. The first-order chi connectivity index (χ1) is 8.31. The van der Waals surface area contributed by atoms with Gasteiger partial charge in [0.1, 0.15) is 5.75 Å². The van der Waals surface area contributed by atoms with Gasteiger partial charge in [0.15, 0.2) is 5.75 Å². The summed E-state index contributed by atoms with van der Waals surface area (Å²) in [6, 6.07) is 10.4. The quantitative estimate of drug-likeness (QED) is 0.642. The molecule has 3 heteroatoms. The standard InChI is InChI=1S/C14H23O2Si/c1-4-11-17(12-5-2)16-14-10-8-7-9-13(14)15-6-3/h7-10H,4-6,11-12H2,1-3H3. The monoisotopic (exact) mass is 251 g/mol. The third kappa shape index (κ3) is 4.82. The van der Waals surface area contributed by atoms with E-state index in [4.69, 9.17) is 9.16 Å². The molecule has 0 fully saturated rings. The van der Waals surface area contributed by atoms with Gasteiger partial charge in [0.25, 0.3) is 9.04 Å². The molecule has 0 bridgehead atoms. The van der Waals surface area contributed by atoms with Crippen LogP contribution < -0.4 is 9.16 Å². The lowest BCUT2D eigenvalue weighted by atomic mass is 10.3. The molecule has 0 aromatic heterocycles. The topological polar surface area (TPSA) is 18.5 Å². The highest BCUT2D eigenvalue weighted by Crippen LogP contribution is 2.28. The number of para-hydroxylation sites is 2. The summed E-state index contributed by atoms with van der Waals surface area (Å²) in [4.78, 5) is 0. The van der Waals surface area contributed by atoms with Gasteiger partial charge in [0.05, 0.1) is 6.61 Å². The van der Waals surface area contributed by atoms with E-state index in [1.807, 2.05) is 31.2 Å². The highest BCUT2D eigenvalue weighted by Gasteiger charge is 2.15. The summed E-state index contributed by atoms with van der Waals surface area (Å²) in [6.45, 7) is 7.13. The number of ether oxygens (including phenoxy) is 1. The number of hydrogen-bond donors (Lipinski definition) is 0. The first-order valence-corrected chi connectivity index (χ1v) is 8.38. The minimum absolute atomic E-state index is 0.685. The molecule has 1 aromatic rings. The third-order valence-corrected chi connectivity index (χ3v) is 5.08. The van der Waals surface area contributed by atoms with Crippen molar-refractivity contribution in [1.82, 2.24) is 0 Å². The summed E-state index contributed by atoms with van der Waals surface area (Å²) in [5.41, 5.74) is 0. The summed E-state index contributed by atoms with van der Waals surface area (Å²) in [6.07, 6.45) is 2.40. The first kappa shape index (κ1) is 14.1. The second-order valence-electron chi connectivity index (χ2n) is 4.02. The van der Waals surface area contributed by atoms with E-state index < -0.39 is 9.04 Å². The Kier molecular flexibility index (Phi) is 6.78. The summed E-state index contributed by atoms with van der Waals surface area (Å²) >= 11 is 0. The van der Waals surface area contributed by atoms with Gasteiger partial charge in [-0.05, 0) is 31.1 Å². The second kappa shape index (κ2) is 8.18. The molecule has 1 rings (SSSR count). The number of rotatable bonds is 8. The van der Waals surface area contributed by atoms with Crippen molar-refractivity contribution in [3.05, 3.63) is 24.3 Å². The Labute approximate surface area is 107 Å². The van der Waals surface area contributed by atoms with Gasteiger partial charge in [0.2, 0.25) is 0 Å². The van der Waals surface area contributed by atoms with Crippen molar-refractivity contribution in [1.29, 1.82) is 0 Å². The van der Waals surface area contributed by atoms with Gasteiger partial charge in [0, 0.05) is 0 Å². The Balaban J connectivity index is 2.69. The van der Waals surface area contributed by atoms with Crippen molar-refractivity contribution in [2.75, 3.05) is 6.61 Å². The molecule has 0 amide bonds. The fraction of sp³-hybridized carbons (Fsp3) is 0.571. The summed E-state index contributed by atoms with van der Waals surface area (Å²) in [7, 11) is -0.719. The molecule has 95 valence electrons. The van der Waals surface area contributed by atoms with E-state index in [0.717, 1.165) is 11.5 Å². The smallest absolute Gasteiger partial charge is 0.280 e. The van der Waals surface area contributed by atoms with Crippen molar-refractivity contribution < 1.29 is 9.16 Å². The van der Waals surface area contributed by atoms with Crippen molar-refractivity contribution in [2.45, 2.75) is 45.7 Å². The highest BCUT2D eigenvalue weighted by atomic mass is 28.3. The lowest BCUT2D eigenvalue weighted by Crippen LogP contribution is -2.21. The first-order valence-electron chi connectivity index (χ1n) is 6.56. The van der Waals surface area contributed by atoms with E-state index in [0.29, 0.717) is 6.61 Å². The van der Waals surface area contributed by atoms with E-state index in [1.54, 1.807) is 0 Å². The van der Waals surface area contributed by atoms with Crippen LogP contribution in [0.4, 0.5) is 0 Å². The molecule has 0 aliphatic rings. The fourth-order valence-electron chi connectivity index (χ4n) is 1.75. The SMILES string of the molecule is CCC[Si](CCC)Oc1ccccc1OCC. The Morgan fingerprint density at radius 2 is 1.53 bits per heavy atom. The molecule has 0 atom stereocenters. The Morgan fingerprint density at radius 1 is 0.941 bits per heavy atom. The molecule has 17 heavy (non-hydrogen) atoms. The van der Waals surface area contributed by atoms with Gasteiger partial charge < -0.3 is 9.16 Å². The molecule has 2 nitrogen and oxygen atoms in total. The van der Waals surface area contributed by atoms with Gasteiger partial charge in [-0.3, -0.25) is 0 Å². The van der Waals surface area contributed by atoms with Gasteiger partial charge in [-0.15, -0.1) is 0 Å². The van der Waals surface area contributed by atoms with Crippen LogP contribution in [0.2, 0.25) is 12.1 Å². The minimum atomic E-state index is -0.719. The van der Waals surface area contributed by atoms with Crippen LogP contribution in [0.15, 0.2) is 24.3 Å². The van der Waals surface area contributed by atoms with Crippen molar-refractivity contribution >= 4 is 9.04 Å². The lowest BCUT2D eigenvalue weighted by molar-refractivity contribution is 0.327. The van der Waals surface area contributed by atoms with E-state index >= 15 is 0 Å².